The van der Waals surface area contributed by atoms with Crippen LogP contribution in [0.15, 0.2) is 35.5 Å². The van der Waals surface area contributed by atoms with E-state index in [0.29, 0.717) is 0 Å². The molecular weight excluding hydrogens is 158 g/mol. The lowest BCUT2D eigenvalue weighted by Crippen LogP contribution is -2.05. The van der Waals surface area contributed by atoms with Gasteiger partial charge >= 0.3 is 0 Å². The molecule has 0 unspecified atom stereocenters. The van der Waals surface area contributed by atoms with Crippen LogP contribution in [-0.2, 0) is 0 Å². The Balaban J connectivity index is 2.12. The van der Waals surface area contributed by atoms with E-state index in [0.717, 1.165) is 25.0 Å². The molecule has 0 aromatic carbocycles. The number of hydrogen-bond donors (Lipinski definition) is 1. The van der Waals surface area contributed by atoms with Gasteiger partial charge in [0, 0.05) is 12.1 Å². The van der Waals surface area contributed by atoms with Crippen LogP contribution in [-0.4, -0.2) is 5.71 Å². The number of hydrogen-bond acceptors (Lipinski definition) is 1. The second-order valence-corrected chi connectivity index (χ2v) is 3.70. The van der Waals surface area contributed by atoms with E-state index >= 15 is 0 Å². The van der Waals surface area contributed by atoms with Crippen molar-refractivity contribution in [2.75, 3.05) is 0 Å². The Kier molecular flexibility index (Phi) is 2.44. The molecule has 13 heavy (non-hydrogen) atoms. The predicted molar refractivity (Wildman–Crippen MR) is 56.1 cm³/mol. The Morgan fingerprint density at radius 1 is 1.08 bits per heavy atom. The van der Waals surface area contributed by atoms with Gasteiger partial charge in [-0.15, -0.1) is 0 Å². The first-order chi connectivity index (χ1) is 6.36. The highest BCUT2D eigenvalue weighted by Gasteiger charge is 2.11. The first-order valence-corrected chi connectivity index (χ1v) is 4.97. The van der Waals surface area contributed by atoms with Gasteiger partial charge in [0.1, 0.15) is 0 Å². The molecule has 0 fully saturated rings. The van der Waals surface area contributed by atoms with Crippen LogP contribution in [0.4, 0.5) is 0 Å². The quantitative estimate of drug-likeness (QED) is 0.628. The van der Waals surface area contributed by atoms with E-state index in [2.05, 4.69) is 24.3 Å². The molecule has 0 radical (unpaired) electrons. The van der Waals surface area contributed by atoms with E-state index in [4.69, 9.17) is 5.41 Å². The first kappa shape index (κ1) is 8.49. The molecule has 0 heterocycles. The summed E-state index contributed by atoms with van der Waals surface area (Å²) < 4.78 is 0. The Bertz CT molecular complexity index is 305. The maximum Gasteiger partial charge on any atom is 0.0130 e. The number of allylic oxidation sites excluding steroid dienone is 6. The molecule has 0 atom stereocenters. The third-order valence-electron chi connectivity index (χ3n) is 2.72. The van der Waals surface area contributed by atoms with E-state index in [-0.39, 0.29) is 0 Å². The summed E-state index contributed by atoms with van der Waals surface area (Å²) in [5.41, 5.74) is 3.87. The van der Waals surface area contributed by atoms with Crippen LogP contribution in [0, 0.1) is 5.41 Å². The minimum Gasteiger partial charge on any atom is -0.309 e. The summed E-state index contributed by atoms with van der Waals surface area (Å²) >= 11 is 0. The topological polar surface area (TPSA) is 23.9 Å². The van der Waals surface area contributed by atoms with Gasteiger partial charge in [-0.2, -0.15) is 0 Å². The average molecular weight is 173 g/mol. The molecule has 0 spiro atoms. The van der Waals surface area contributed by atoms with Crippen molar-refractivity contribution in [3.05, 3.63) is 35.5 Å². The summed E-state index contributed by atoms with van der Waals surface area (Å²) in [5.74, 6) is 0. The van der Waals surface area contributed by atoms with Gasteiger partial charge in [0.25, 0.3) is 0 Å². The third-order valence-corrected chi connectivity index (χ3v) is 2.72. The van der Waals surface area contributed by atoms with Gasteiger partial charge in [0.05, 0.1) is 0 Å². The van der Waals surface area contributed by atoms with Gasteiger partial charge in [0.2, 0.25) is 0 Å². The normalized spacial score (nSPS) is 22.6. The molecule has 0 saturated heterocycles. The molecule has 0 bridgehead atoms. The summed E-state index contributed by atoms with van der Waals surface area (Å²) in [5, 5.41) is 7.51. The number of rotatable bonds is 1. The Hall–Kier alpha value is -1.11. The SMILES string of the molecule is N=C1CC=C(C2=CC=CCC2)CC1. The summed E-state index contributed by atoms with van der Waals surface area (Å²) in [6, 6.07) is 0. The van der Waals surface area contributed by atoms with E-state index in [1.807, 2.05) is 0 Å². The van der Waals surface area contributed by atoms with Crippen molar-refractivity contribution >= 4 is 5.71 Å². The zero-order valence-electron chi connectivity index (χ0n) is 7.84. The Labute approximate surface area is 79.4 Å². The van der Waals surface area contributed by atoms with E-state index < -0.39 is 0 Å². The predicted octanol–water partition coefficient (Wildman–Crippen LogP) is 3.39. The van der Waals surface area contributed by atoms with E-state index in [9.17, 15) is 0 Å². The molecule has 2 aliphatic rings. The standard InChI is InChI=1S/C12H15N/c13-12-8-6-11(7-9-12)10-4-2-1-3-5-10/h1-2,4,6,13H,3,5,7-9H2. The molecule has 68 valence electrons. The van der Waals surface area contributed by atoms with Crippen molar-refractivity contribution in [2.45, 2.75) is 32.1 Å². The highest BCUT2D eigenvalue weighted by molar-refractivity contribution is 5.84. The van der Waals surface area contributed by atoms with Crippen molar-refractivity contribution in [2.24, 2.45) is 0 Å². The van der Waals surface area contributed by atoms with Crippen molar-refractivity contribution in [3.63, 3.8) is 0 Å². The van der Waals surface area contributed by atoms with Crippen molar-refractivity contribution < 1.29 is 0 Å². The Morgan fingerprint density at radius 2 is 2.00 bits per heavy atom. The van der Waals surface area contributed by atoms with Crippen LogP contribution < -0.4 is 0 Å². The molecule has 0 amide bonds. The molecular formula is C12H15N. The number of nitrogens with one attached hydrogen (secondary N) is 1. The average Bonchev–Trinajstić information content (AvgIpc) is 2.20. The van der Waals surface area contributed by atoms with Crippen LogP contribution in [0.25, 0.3) is 0 Å². The summed E-state index contributed by atoms with van der Waals surface area (Å²) in [6.07, 6.45) is 14.1. The molecule has 1 nitrogen and oxygen atoms in total. The zero-order chi connectivity index (χ0) is 9.10. The van der Waals surface area contributed by atoms with E-state index in [1.54, 1.807) is 0 Å². The van der Waals surface area contributed by atoms with Gasteiger partial charge in [-0.25, -0.2) is 0 Å². The largest absolute Gasteiger partial charge is 0.309 e. The van der Waals surface area contributed by atoms with Crippen molar-refractivity contribution in [3.8, 4) is 0 Å². The first-order valence-electron chi connectivity index (χ1n) is 4.97. The molecule has 1 heteroatoms. The van der Waals surface area contributed by atoms with Gasteiger partial charge in [-0.3, -0.25) is 0 Å². The minimum absolute atomic E-state index is 0.871. The van der Waals surface area contributed by atoms with Crippen molar-refractivity contribution in [1.82, 2.24) is 0 Å². The molecule has 0 aliphatic heterocycles. The fourth-order valence-corrected chi connectivity index (χ4v) is 1.90. The van der Waals surface area contributed by atoms with Crippen LogP contribution in [0.2, 0.25) is 0 Å². The minimum atomic E-state index is 0.871. The highest BCUT2D eigenvalue weighted by atomic mass is 14.4. The lowest BCUT2D eigenvalue weighted by molar-refractivity contribution is 0.889. The summed E-state index contributed by atoms with van der Waals surface area (Å²) in [4.78, 5) is 0. The smallest absolute Gasteiger partial charge is 0.0130 e. The van der Waals surface area contributed by atoms with Crippen LogP contribution in [0.1, 0.15) is 32.1 Å². The van der Waals surface area contributed by atoms with Crippen LogP contribution in [0.3, 0.4) is 0 Å². The molecule has 2 aliphatic carbocycles. The third kappa shape index (κ3) is 1.97. The second kappa shape index (κ2) is 3.73. The molecule has 0 aromatic heterocycles. The van der Waals surface area contributed by atoms with E-state index in [1.165, 1.54) is 24.0 Å². The van der Waals surface area contributed by atoms with Crippen LogP contribution >= 0.6 is 0 Å². The molecule has 0 aromatic rings. The fraction of sp³-hybridized carbons (Fsp3) is 0.417. The van der Waals surface area contributed by atoms with Gasteiger partial charge in [0.15, 0.2) is 0 Å². The second-order valence-electron chi connectivity index (χ2n) is 3.70. The van der Waals surface area contributed by atoms with Gasteiger partial charge in [-0.05, 0) is 36.8 Å². The lowest BCUT2D eigenvalue weighted by Gasteiger charge is -2.17. The highest BCUT2D eigenvalue weighted by Crippen LogP contribution is 2.27. The van der Waals surface area contributed by atoms with Gasteiger partial charge in [-0.1, -0.05) is 24.3 Å². The van der Waals surface area contributed by atoms with Crippen LogP contribution in [0.5, 0.6) is 0 Å². The maximum atomic E-state index is 7.51. The fourth-order valence-electron chi connectivity index (χ4n) is 1.90. The maximum absolute atomic E-state index is 7.51. The Morgan fingerprint density at radius 3 is 2.62 bits per heavy atom. The van der Waals surface area contributed by atoms with Gasteiger partial charge < -0.3 is 5.41 Å². The summed E-state index contributed by atoms with van der Waals surface area (Å²) in [7, 11) is 0. The lowest BCUT2D eigenvalue weighted by atomic mass is 9.88. The molecule has 1 N–H and O–H groups in total. The van der Waals surface area contributed by atoms with Crippen molar-refractivity contribution in [1.29, 1.82) is 5.41 Å². The summed E-state index contributed by atoms with van der Waals surface area (Å²) in [6.45, 7) is 0. The monoisotopic (exact) mass is 173 g/mol. The molecule has 2 rings (SSSR count). The molecule has 0 saturated carbocycles. The zero-order valence-corrected chi connectivity index (χ0v) is 7.84.